The Balaban J connectivity index is 2.04. The highest BCUT2D eigenvalue weighted by Crippen LogP contribution is 2.30. The number of carbonyl (C=O) groups excluding carboxylic acids is 1. The highest BCUT2D eigenvalue weighted by molar-refractivity contribution is 5.86. The Morgan fingerprint density at radius 2 is 2.16 bits per heavy atom. The SMILES string of the molecule is CC(C)Cn1ncnc1CC(=O)C1(C)CCNCC1. The molecule has 0 amide bonds. The molecule has 1 fully saturated rings. The van der Waals surface area contributed by atoms with Gasteiger partial charge in [-0.15, -0.1) is 0 Å². The van der Waals surface area contributed by atoms with Gasteiger partial charge in [0.2, 0.25) is 0 Å². The summed E-state index contributed by atoms with van der Waals surface area (Å²) in [4.78, 5) is 16.8. The van der Waals surface area contributed by atoms with Crippen LogP contribution in [0.2, 0.25) is 0 Å². The average molecular weight is 264 g/mol. The Morgan fingerprint density at radius 1 is 1.47 bits per heavy atom. The van der Waals surface area contributed by atoms with Gasteiger partial charge in [-0.05, 0) is 31.8 Å². The Kier molecular flexibility index (Phi) is 4.34. The minimum atomic E-state index is -0.195. The van der Waals surface area contributed by atoms with Crippen LogP contribution in [0, 0.1) is 11.3 Å². The van der Waals surface area contributed by atoms with Gasteiger partial charge < -0.3 is 5.32 Å². The lowest BCUT2D eigenvalue weighted by Crippen LogP contribution is -2.41. The lowest BCUT2D eigenvalue weighted by molar-refractivity contribution is -0.128. The second-order valence-electron chi connectivity index (χ2n) is 6.16. The van der Waals surface area contributed by atoms with Gasteiger partial charge in [0.1, 0.15) is 17.9 Å². The third-order valence-electron chi connectivity index (χ3n) is 3.93. The largest absolute Gasteiger partial charge is 0.317 e. The fourth-order valence-electron chi connectivity index (χ4n) is 2.54. The van der Waals surface area contributed by atoms with Crippen LogP contribution < -0.4 is 5.32 Å². The summed E-state index contributed by atoms with van der Waals surface area (Å²) >= 11 is 0. The highest BCUT2D eigenvalue weighted by atomic mass is 16.1. The van der Waals surface area contributed by atoms with Gasteiger partial charge >= 0.3 is 0 Å². The molecule has 106 valence electrons. The van der Waals surface area contributed by atoms with Crippen molar-refractivity contribution < 1.29 is 4.79 Å². The third kappa shape index (κ3) is 3.41. The molecule has 1 N–H and O–H groups in total. The predicted molar refractivity (Wildman–Crippen MR) is 73.8 cm³/mol. The van der Waals surface area contributed by atoms with Crippen LogP contribution in [0.5, 0.6) is 0 Å². The van der Waals surface area contributed by atoms with E-state index in [1.807, 2.05) is 4.68 Å². The summed E-state index contributed by atoms with van der Waals surface area (Å²) in [6.07, 6.45) is 3.80. The van der Waals surface area contributed by atoms with Crippen LogP contribution in [0.4, 0.5) is 0 Å². The Hall–Kier alpha value is -1.23. The molecular formula is C14H24N4O. The van der Waals surface area contributed by atoms with E-state index in [2.05, 4.69) is 36.2 Å². The fraction of sp³-hybridized carbons (Fsp3) is 0.786. The van der Waals surface area contributed by atoms with Crippen LogP contribution in [-0.2, 0) is 17.8 Å². The Bertz CT molecular complexity index is 432. The number of rotatable bonds is 5. The summed E-state index contributed by atoms with van der Waals surface area (Å²) in [6, 6.07) is 0. The number of carbonyl (C=O) groups is 1. The molecule has 1 aliphatic rings. The van der Waals surface area contributed by atoms with E-state index in [0.717, 1.165) is 38.3 Å². The Labute approximate surface area is 114 Å². The number of nitrogens with zero attached hydrogens (tertiary/aromatic N) is 3. The van der Waals surface area contributed by atoms with E-state index >= 15 is 0 Å². The van der Waals surface area contributed by atoms with Crippen molar-refractivity contribution in [1.82, 2.24) is 20.1 Å². The highest BCUT2D eigenvalue weighted by Gasteiger charge is 2.34. The maximum atomic E-state index is 12.5. The molecule has 0 bridgehead atoms. The molecule has 2 rings (SSSR count). The first-order chi connectivity index (χ1) is 9.01. The molecule has 0 unspecified atom stereocenters. The molecule has 0 aromatic carbocycles. The maximum absolute atomic E-state index is 12.5. The van der Waals surface area contributed by atoms with E-state index in [9.17, 15) is 4.79 Å². The van der Waals surface area contributed by atoms with Crippen molar-refractivity contribution in [3.8, 4) is 0 Å². The molecule has 0 radical (unpaired) electrons. The lowest BCUT2D eigenvalue weighted by Gasteiger charge is -2.32. The molecular weight excluding hydrogens is 240 g/mol. The molecule has 1 aromatic heterocycles. The Morgan fingerprint density at radius 3 is 2.79 bits per heavy atom. The smallest absolute Gasteiger partial charge is 0.146 e. The second-order valence-corrected chi connectivity index (χ2v) is 6.16. The van der Waals surface area contributed by atoms with E-state index in [0.29, 0.717) is 18.1 Å². The number of hydrogen-bond acceptors (Lipinski definition) is 4. The van der Waals surface area contributed by atoms with Gasteiger partial charge in [-0.1, -0.05) is 20.8 Å². The summed E-state index contributed by atoms with van der Waals surface area (Å²) in [5.41, 5.74) is -0.195. The maximum Gasteiger partial charge on any atom is 0.146 e. The minimum Gasteiger partial charge on any atom is -0.317 e. The van der Waals surface area contributed by atoms with Crippen LogP contribution >= 0.6 is 0 Å². The summed E-state index contributed by atoms with van der Waals surface area (Å²) in [5, 5.41) is 7.52. The summed E-state index contributed by atoms with van der Waals surface area (Å²) in [7, 11) is 0. The molecule has 5 heteroatoms. The fourth-order valence-corrected chi connectivity index (χ4v) is 2.54. The first-order valence-corrected chi connectivity index (χ1v) is 7.12. The number of hydrogen-bond donors (Lipinski definition) is 1. The molecule has 2 heterocycles. The number of piperidine rings is 1. The molecule has 5 nitrogen and oxygen atoms in total. The van der Waals surface area contributed by atoms with Gasteiger partial charge in [0.15, 0.2) is 0 Å². The van der Waals surface area contributed by atoms with Crippen molar-refractivity contribution in [3.05, 3.63) is 12.2 Å². The number of ketones is 1. The molecule has 1 saturated heterocycles. The summed E-state index contributed by atoms with van der Waals surface area (Å²) in [6.45, 7) is 9.05. The number of aromatic nitrogens is 3. The molecule has 1 aromatic rings. The monoisotopic (exact) mass is 264 g/mol. The van der Waals surface area contributed by atoms with Crippen molar-refractivity contribution in [2.45, 2.75) is 46.6 Å². The third-order valence-corrected chi connectivity index (χ3v) is 3.93. The van der Waals surface area contributed by atoms with Crippen molar-refractivity contribution in [2.24, 2.45) is 11.3 Å². The van der Waals surface area contributed by atoms with Crippen molar-refractivity contribution in [1.29, 1.82) is 0 Å². The molecule has 19 heavy (non-hydrogen) atoms. The minimum absolute atomic E-state index is 0.195. The van der Waals surface area contributed by atoms with E-state index in [4.69, 9.17) is 0 Å². The van der Waals surface area contributed by atoms with Gasteiger partial charge in [-0.2, -0.15) is 5.10 Å². The molecule has 0 atom stereocenters. The zero-order valence-corrected chi connectivity index (χ0v) is 12.1. The van der Waals surface area contributed by atoms with Gasteiger partial charge in [0.25, 0.3) is 0 Å². The zero-order chi connectivity index (χ0) is 13.9. The van der Waals surface area contributed by atoms with E-state index in [-0.39, 0.29) is 5.41 Å². The van der Waals surface area contributed by atoms with Crippen LogP contribution in [-0.4, -0.2) is 33.6 Å². The zero-order valence-electron chi connectivity index (χ0n) is 12.1. The van der Waals surface area contributed by atoms with Gasteiger partial charge in [0, 0.05) is 12.0 Å². The van der Waals surface area contributed by atoms with Crippen molar-refractivity contribution in [3.63, 3.8) is 0 Å². The van der Waals surface area contributed by atoms with Crippen molar-refractivity contribution in [2.75, 3.05) is 13.1 Å². The van der Waals surface area contributed by atoms with Gasteiger partial charge in [-0.25, -0.2) is 9.67 Å². The van der Waals surface area contributed by atoms with Crippen LogP contribution in [0.1, 0.15) is 39.4 Å². The predicted octanol–water partition coefficient (Wildman–Crippen LogP) is 1.44. The lowest BCUT2D eigenvalue weighted by atomic mass is 9.76. The second kappa shape index (κ2) is 5.82. The number of Topliss-reactive ketones (excluding diaryl/α,β-unsaturated/α-hetero) is 1. The molecule has 0 spiro atoms. The summed E-state index contributed by atoms with van der Waals surface area (Å²) < 4.78 is 1.87. The molecule has 0 aliphatic carbocycles. The molecule has 1 aliphatic heterocycles. The van der Waals surface area contributed by atoms with Gasteiger partial charge in [-0.3, -0.25) is 4.79 Å². The standard InChI is InChI=1S/C14H24N4O/c1-11(2)9-18-13(16-10-17-18)8-12(19)14(3)4-6-15-7-5-14/h10-11,15H,4-9H2,1-3H3. The number of nitrogens with one attached hydrogen (secondary N) is 1. The van der Waals surface area contributed by atoms with Crippen LogP contribution in [0.15, 0.2) is 6.33 Å². The van der Waals surface area contributed by atoms with Crippen molar-refractivity contribution >= 4 is 5.78 Å². The van der Waals surface area contributed by atoms with E-state index < -0.39 is 0 Å². The molecule has 0 saturated carbocycles. The normalized spacial score (nSPS) is 18.7. The topological polar surface area (TPSA) is 59.8 Å². The summed E-state index contributed by atoms with van der Waals surface area (Å²) in [5.74, 6) is 1.61. The quantitative estimate of drug-likeness (QED) is 0.874. The van der Waals surface area contributed by atoms with E-state index in [1.165, 1.54) is 0 Å². The first-order valence-electron chi connectivity index (χ1n) is 7.12. The average Bonchev–Trinajstić information content (AvgIpc) is 2.76. The van der Waals surface area contributed by atoms with E-state index in [1.54, 1.807) is 6.33 Å². The van der Waals surface area contributed by atoms with Crippen LogP contribution in [0.3, 0.4) is 0 Å². The van der Waals surface area contributed by atoms with Crippen LogP contribution in [0.25, 0.3) is 0 Å². The van der Waals surface area contributed by atoms with Gasteiger partial charge in [0.05, 0.1) is 6.42 Å². The first kappa shape index (κ1) is 14.2.